The molecule has 0 saturated heterocycles. The number of carbonyl (C=O) groups excluding carboxylic acids is 1. The molecule has 1 heterocycles. The Morgan fingerprint density at radius 3 is 2.94 bits per heavy atom. The molecule has 4 heteroatoms. The summed E-state index contributed by atoms with van der Waals surface area (Å²) in [5.74, 6) is 1.40. The number of ether oxygens (including phenoxy) is 2. The van der Waals surface area contributed by atoms with Crippen molar-refractivity contribution >= 4 is 5.97 Å². The van der Waals surface area contributed by atoms with Crippen LogP contribution in [-0.2, 0) is 9.53 Å². The fraction of sp³-hybridized carbons (Fsp3) is 0.538. The van der Waals surface area contributed by atoms with Crippen molar-refractivity contribution in [3.63, 3.8) is 0 Å². The van der Waals surface area contributed by atoms with Crippen molar-refractivity contribution in [2.75, 3.05) is 13.7 Å². The molecular formula is C13H17NO3. The molecule has 4 nitrogen and oxygen atoms in total. The van der Waals surface area contributed by atoms with Gasteiger partial charge in [0.15, 0.2) is 0 Å². The number of nitrogens with zero attached hydrogens (tertiary/aromatic N) is 1. The second-order valence-electron chi connectivity index (χ2n) is 4.25. The second kappa shape index (κ2) is 5.17. The monoisotopic (exact) mass is 235 g/mol. The molecule has 1 aromatic rings. The summed E-state index contributed by atoms with van der Waals surface area (Å²) in [6, 6.07) is 3.87. The largest absolute Gasteiger partial charge is 0.481 e. The highest BCUT2D eigenvalue weighted by atomic mass is 16.5. The van der Waals surface area contributed by atoms with Gasteiger partial charge >= 0.3 is 5.97 Å². The Hall–Kier alpha value is -1.58. The van der Waals surface area contributed by atoms with E-state index in [9.17, 15) is 4.79 Å². The number of rotatable bonds is 5. The van der Waals surface area contributed by atoms with Crippen molar-refractivity contribution in [3.05, 3.63) is 23.9 Å². The van der Waals surface area contributed by atoms with Gasteiger partial charge in [0.2, 0.25) is 5.88 Å². The third-order valence-electron chi connectivity index (χ3n) is 3.05. The van der Waals surface area contributed by atoms with Crippen LogP contribution >= 0.6 is 0 Å². The lowest BCUT2D eigenvalue weighted by Crippen LogP contribution is -2.05. The van der Waals surface area contributed by atoms with Crippen LogP contribution in [-0.4, -0.2) is 24.7 Å². The minimum absolute atomic E-state index is 0.0959. The maximum atomic E-state index is 11.3. The summed E-state index contributed by atoms with van der Waals surface area (Å²) in [4.78, 5) is 15.5. The van der Waals surface area contributed by atoms with Gasteiger partial charge in [-0.3, -0.25) is 4.79 Å². The van der Waals surface area contributed by atoms with E-state index in [0.717, 1.165) is 6.42 Å². The van der Waals surface area contributed by atoms with Crippen molar-refractivity contribution in [2.24, 2.45) is 5.92 Å². The van der Waals surface area contributed by atoms with Crippen LogP contribution in [0.15, 0.2) is 18.3 Å². The number of esters is 1. The fourth-order valence-electron chi connectivity index (χ4n) is 2.05. The normalized spacial score (nSPS) is 22.0. The van der Waals surface area contributed by atoms with Gasteiger partial charge in [-0.1, -0.05) is 6.07 Å². The zero-order chi connectivity index (χ0) is 12.3. The van der Waals surface area contributed by atoms with Gasteiger partial charge in [0.1, 0.15) is 0 Å². The molecule has 92 valence electrons. The van der Waals surface area contributed by atoms with E-state index in [4.69, 9.17) is 9.47 Å². The summed E-state index contributed by atoms with van der Waals surface area (Å²) in [5, 5.41) is 0. The molecule has 1 aromatic heterocycles. The van der Waals surface area contributed by atoms with E-state index in [1.54, 1.807) is 7.11 Å². The van der Waals surface area contributed by atoms with Gasteiger partial charge in [-0.15, -0.1) is 0 Å². The molecule has 2 rings (SSSR count). The topological polar surface area (TPSA) is 48.4 Å². The van der Waals surface area contributed by atoms with Crippen molar-refractivity contribution in [2.45, 2.75) is 25.7 Å². The van der Waals surface area contributed by atoms with E-state index >= 15 is 0 Å². The van der Waals surface area contributed by atoms with E-state index in [0.29, 0.717) is 30.7 Å². The van der Waals surface area contributed by atoms with Crippen molar-refractivity contribution in [3.8, 4) is 5.88 Å². The van der Waals surface area contributed by atoms with Crippen LogP contribution in [0.4, 0.5) is 0 Å². The zero-order valence-electron chi connectivity index (χ0n) is 10.2. The van der Waals surface area contributed by atoms with Gasteiger partial charge in [0.05, 0.1) is 13.7 Å². The summed E-state index contributed by atoms with van der Waals surface area (Å²) >= 11 is 0. The van der Waals surface area contributed by atoms with Crippen LogP contribution in [0.25, 0.3) is 0 Å². The maximum Gasteiger partial charge on any atom is 0.306 e. The quantitative estimate of drug-likeness (QED) is 0.734. The molecule has 1 fully saturated rings. The lowest BCUT2D eigenvalue weighted by atomic mass is 10.1. The Bertz CT molecular complexity index is 388. The number of hydrogen-bond acceptors (Lipinski definition) is 4. The minimum atomic E-state index is -0.0959. The molecule has 0 amide bonds. The Morgan fingerprint density at radius 1 is 1.53 bits per heavy atom. The Kier molecular flexibility index (Phi) is 3.61. The zero-order valence-corrected chi connectivity index (χ0v) is 10.2. The standard InChI is InChI=1S/C13H17NO3/c1-3-17-13(15)7-10-6-11(10)9-4-5-12(16-2)14-8-9/h4-5,8,10-11H,3,6-7H2,1-2H3. The smallest absolute Gasteiger partial charge is 0.306 e. The predicted octanol–water partition coefficient (Wildman–Crippen LogP) is 2.15. The van der Waals surface area contributed by atoms with Gasteiger partial charge in [-0.2, -0.15) is 0 Å². The first-order valence-electron chi connectivity index (χ1n) is 5.90. The molecule has 0 N–H and O–H groups in total. The van der Waals surface area contributed by atoms with Crippen molar-refractivity contribution < 1.29 is 14.3 Å². The molecule has 0 spiro atoms. The molecule has 2 atom stereocenters. The Morgan fingerprint density at radius 2 is 2.35 bits per heavy atom. The highest BCUT2D eigenvalue weighted by Gasteiger charge is 2.40. The van der Waals surface area contributed by atoms with Gasteiger partial charge in [-0.25, -0.2) is 4.98 Å². The predicted molar refractivity (Wildman–Crippen MR) is 62.9 cm³/mol. The molecule has 0 radical (unpaired) electrons. The SMILES string of the molecule is CCOC(=O)CC1CC1c1ccc(OC)nc1. The fourth-order valence-corrected chi connectivity index (χ4v) is 2.05. The van der Waals surface area contributed by atoms with Crippen molar-refractivity contribution in [1.29, 1.82) is 0 Å². The van der Waals surface area contributed by atoms with Crippen LogP contribution < -0.4 is 4.74 Å². The van der Waals surface area contributed by atoms with Crippen LogP contribution in [0.1, 0.15) is 31.2 Å². The summed E-state index contributed by atoms with van der Waals surface area (Å²) in [7, 11) is 1.60. The van der Waals surface area contributed by atoms with Gasteiger partial charge < -0.3 is 9.47 Å². The first kappa shape index (κ1) is 11.9. The van der Waals surface area contributed by atoms with Crippen LogP contribution in [0.3, 0.4) is 0 Å². The summed E-state index contributed by atoms with van der Waals surface area (Å²) in [6.45, 7) is 2.29. The molecule has 0 aromatic carbocycles. The van der Waals surface area contributed by atoms with Gasteiger partial charge in [-0.05, 0) is 30.7 Å². The third-order valence-corrected chi connectivity index (χ3v) is 3.05. The number of hydrogen-bond donors (Lipinski definition) is 0. The van der Waals surface area contributed by atoms with E-state index < -0.39 is 0 Å². The second-order valence-corrected chi connectivity index (χ2v) is 4.25. The van der Waals surface area contributed by atoms with E-state index in [-0.39, 0.29) is 5.97 Å². The van der Waals surface area contributed by atoms with Crippen molar-refractivity contribution in [1.82, 2.24) is 4.98 Å². The molecule has 1 aliphatic carbocycles. The highest BCUT2D eigenvalue weighted by Crippen LogP contribution is 2.49. The van der Waals surface area contributed by atoms with Gasteiger partial charge in [0, 0.05) is 18.7 Å². The average molecular weight is 235 g/mol. The lowest BCUT2D eigenvalue weighted by Gasteiger charge is -2.02. The first-order valence-corrected chi connectivity index (χ1v) is 5.90. The Labute approximate surface area is 101 Å². The molecule has 1 saturated carbocycles. The van der Waals surface area contributed by atoms with Crippen LogP contribution in [0.2, 0.25) is 0 Å². The van der Waals surface area contributed by atoms with Crippen LogP contribution in [0, 0.1) is 5.92 Å². The number of pyridine rings is 1. The summed E-state index contributed by atoms with van der Waals surface area (Å²) in [5.41, 5.74) is 1.18. The summed E-state index contributed by atoms with van der Waals surface area (Å²) in [6.07, 6.45) is 3.39. The molecule has 0 aliphatic heterocycles. The average Bonchev–Trinajstić information content (AvgIpc) is 3.09. The molecule has 1 aliphatic rings. The Balaban J connectivity index is 1.87. The summed E-state index contributed by atoms with van der Waals surface area (Å²) < 4.78 is 9.95. The lowest BCUT2D eigenvalue weighted by molar-refractivity contribution is -0.143. The van der Waals surface area contributed by atoms with Gasteiger partial charge in [0.25, 0.3) is 0 Å². The third kappa shape index (κ3) is 2.96. The molecule has 0 bridgehead atoms. The van der Waals surface area contributed by atoms with E-state index in [2.05, 4.69) is 4.98 Å². The highest BCUT2D eigenvalue weighted by molar-refractivity contribution is 5.70. The van der Waals surface area contributed by atoms with Crippen LogP contribution in [0.5, 0.6) is 5.88 Å². The first-order chi connectivity index (χ1) is 8.24. The number of carbonyl (C=O) groups is 1. The molecular weight excluding hydrogens is 218 g/mol. The van der Waals surface area contributed by atoms with E-state index in [1.807, 2.05) is 25.3 Å². The molecule has 17 heavy (non-hydrogen) atoms. The number of aromatic nitrogens is 1. The number of methoxy groups -OCH3 is 1. The van der Waals surface area contributed by atoms with E-state index in [1.165, 1.54) is 5.56 Å². The molecule has 2 unspecified atom stereocenters. The maximum absolute atomic E-state index is 11.3. The minimum Gasteiger partial charge on any atom is -0.481 e.